The molecule has 5 N–H and O–H groups in total. The highest BCUT2D eigenvalue weighted by Gasteiger charge is 2.25. The van der Waals surface area contributed by atoms with Gasteiger partial charge in [0, 0.05) is 29.2 Å². The van der Waals surface area contributed by atoms with Gasteiger partial charge in [-0.2, -0.15) is 0 Å². The number of hydrogen-bond acceptors (Lipinski definition) is 3. The summed E-state index contributed by atoms with van der Waals surface area (Å²) in [6, 6.07) is 16.5. The molecule has 0 saturated heterocycles. The number of aromatic amines is 1. The van der Waals surface area contributed by atoms with E-state index in [2.05, 4.69) is 15.6 Å². The number of primary amides is 1. The van der Waals surface area contributed by atoms with Crippen LogP contribution in [-0.4, -0.2) is 28.7 Å². The fourth-order valence-corrected chi connectivity index (χ4v) is 3.85. The highest BCUT2D eigenvalue weighted by molar-refractivity contribution is 6.33. The first-order chi connectivity index (χ1) is 16.3. The number of nitrogens with two attached hydrogens (primary N) is 1. The maximum atomic E-state index is 13.8. The van der Waals surface area contributed by atoms with E-state index < -0.39 is 29.6 Å². The number of carbonyl (C=O) groups excluding carboxylic acids is 3. The van der Waals surface area contributed by atoms with Crippen LogP contribution in [0.1, 0.15) is 26.3 Å². The molecule has 0 aliphatic rings. The van der Waals surface area contributed by atoms with Crippen molar-refractivity contribution in [3.63, 3.8) is 0 Å². The Bertz CT molecular complexity index is 1400. The highest BCUT2D eigenvalue weighted by atomic mass is 35.5. The summed E-state index contributed by atoms with van der Waals surface area (Å²) < 4.78 is 13.8. The number of amides is 3. The zero-order valence-corrected chi connectivity index (χ0v) is 18.5. The molecule has 0 spiro atoms. The molecule has 1 aromatic heterocycles. The minimum Gasteiger partial charge on any atom is -0.366 e. The van der Waals surface area contributed by atoms with E-state index in [0.29, 0.717) is 0 Å². The van der Waals surface area contributed by atoms with Gasteiger partial charge < -0.3 is 21.4 Å². The molecule has 1 unspecified atom stereocenters. The van der Waals surface area contributed by atoms with E-state index >= 15 is 0 Å². The van der Waals surface area contributed by atoms with Crippen molar-refractivity contribution in [1.29, 1.82) is 0 Å². The van der Waals surface area contributed by atoms with E-state index in [0.717, 1.165) is 28.6 Å². The van der Waals surface area contributed by atoms with Gasteiger partial charge in [-0.1, -0.05) is 41.9 Å². The van der Waals surface area contributed by atoms with Gasteiger partial charge in [0.15, 0.2) is 0 Å². The summed E-state index contributed by atoms with van der Waals surface area (Å²) in [6.07, 6.45) is 1.94. The highest BCUT2D eigenvalue weighted by Crippen LogP contribution is 2.21. The summed E-state index contributed by atoms with van der Waals surface area (Å²) >= 11 is 6.15. The molecule has 4 aromatic rings. The number of aromatic nitrogens is 1. The number of carbonyl (C=O) groups is 3. The maximum absolute atomic E-state index is 13.8. The number of H-pyrrole nitrogens is 1. The van der Waals surface area contributed by atoms with Crippen LogP contribution in [-0.2, 0) is 11.2 Å². The number of anilines is 1. The van der Waals surface area contributed by atoms with Gasteiger partial charge >= 0.3 is 0 Å². The molecule has 0 aliphatic heterocycles. The lowest BCUT2D eigenvalue weighted by Crippen LogP contribution is -2.45. The van der Waals surface area contributed by atoms with Crippen LogP contribution < -0.4 is 16.4 Å². The smallest absolute Gasteiger partial charge is 0.253 e. The Labute approximate surface area is 199 Å². The Kier molecular flexibility index (Phi) is 6.60. The first-order valence-corrected chi connectivity index (χ1v) is 10.7. The van der Waals surface area contributed by atoms with Crippen molar-refractivity contribution in [1.82, 2.24) is 10.3 Å². The third kappa shape index (κ3) is 4.92. The number of fused-ring (bicyclic) bond motifs is 1. The van der Waals surface area contributed by atoms with Gasteiger partial charge in [0.2, 0.25) is 5.91 Å². The topological polar surface area (TPSA) is 117 Å². The van der Waals surface area contributed by atoms with Crippen LogP contribution in [0.25, 0.3) is 10.9 Å². The Hall–Kier alpha value is -4.17. The monoisotopic (exact) mass is 478 g/mol. The molecule has 0 fully saturated rings. The standard InChI is InChI=1S/C25H20ClFN4O3/c26-19-7-3-1-6-17(19)24(33)31-22(11-14-13-29-21-8-4-2-5-16(14)21)25(34)30-15-9-10-20(27)18(12-15)23(28)32/h1-10,12-13,22,29H,11H2,(H2,28,32)(H,30,34)(H,31,33). The summed E-state index contributed by atoms with van der Waals surface area (Å²) in [5.41, 5.74) is 6.93. The molecule has 1 heterocycles. The van der Waals surface area contributed by atoms with E-state index in [1.54, 1.807) is 30.5 Å². The number of nitrogens with one attached hydrogen (secondary N) is 3. The molecular formula is C25H20ClFN4O3. The largest absolute Gasteiger partial charge is 0.366 e. The zero-order chi connectivity index (χ0) is 24.2. The summed E-state index contributed by atoms with van der Waals surface area (Å²) in [6.45, 7) is 0. The van der Waals surface area contributed by atoms with E-state index in [-0.39, 0.29) is 28.3 Å². The van der Waals surface area contributed by atoms with Crippen LogP contribution in [0.5, 0.6) is 0 Å². The molecular weight excluding hydrogens is 459 g/mol. The predicted molar refractivity (Wildman–Crippen MR) is 128 cm³/mol. The molecule has 172 valence electrons. The molecule has 0 radical (unpaired) electrons. The van der Waals surface area contributed by atoms with E-state index in [4.69, 9.17) is 17.3 Å². The lowest BCUT2D eigenvalue weighted by molar-refractivity contribution is -0.118. The van der Waals surface area contributed by atoms with Crippen molar-refractivity contribution < 1.29 is 18.8 Å². The second-order valence-corrected chi connectivity index (χ2v) is 8.02. The van der Waals surface area contributed by atoms with Crippen LogP contribution in [0.3, 0.4) is 0 Å². The second kappa shape index (κ2) is 9.76. The van der Waals surface area contributed by atoms with E-state index in [1.807, 2.05) is 24.3 Å². The van der Waals surface area contributed by atoms with Gasteiger partial charge in [-0.3, -0.25) is 14.4 Å². The molecule has 34 heavy (non-hydrogen) atoms. The first kappa shape index (κ1) is 23.0. The lowest BCUT2D eigenvalue weighted by atomic mass is 10.0. The van der Waals surface area contributed by atoms with E-state index in [9.17, 15) is 18.8 Å². The Morgan fingerprint density at radius 3 is 2.50 bits per heavy atom. The minimum absolute atomic E-state index is 0.163. The third-order valence-electron chi connectivity index (χ3n) is 5.34. The minimum atomic E-state index is -1.01. The molecule has 3 aromatic carbocycles. The SMILES string of the molecule is NC(=O)c1cc(NC(=O)C(Cc2c[nH]c3ccccc23)NC(=O)c2ccccc2Cl)ccc1F. The summed E-state index contributed by atoms with van der Waals surface area (Å²) in [7, 11) is 0. The van der Waals surface area contributed by atoms with Crippen LogP contribution in [0.2, 0.25) is 5.02 Å². The van der Waals surface area contributed by atoms with Crippen molar-refractivity contribution in [2.45, 2.75) is 12.5 Å². The van der Waals surface area contributed by atoms with Crippen LogP contribution in [0.4, 0.5) is 10.1 Å². The molecule has 4 rings (SSSR count). The number of rotatable bonds is 7. The Morgan fingerprint density at radius 2 is 1.74 bits per heavy atom. The average molecular weight is 479 g/mol. The van der Waals surface area contributed by atoms with Crippen molar-refractivity contribution in [3.8, 4) is 0 Å². The molecule has 1 atom stereocenters. The van der Waals surface area contributed by atoms with E-state index in [1.165, 1.54) is 6.07 Å². The predicted octanol–water partition coefficient (Wildman–Crippen LogP) is 4.04. The van der Waals surface area contributed by atoms with Crippen molar-refractivity contribution in [2.24, 2.45) is 5.73 Å². The van der Waals surface area contributed by atoms with Crippen LogP contribution >= 0.6 is 11.6 Å². The van der Waals surface area contributed by atoms with Crippen molar-refractivity contribution in [3.05, 3.63) is 100 Å². The van der Waals surface area contributed by atoms with Crippen LogP contribution in [0, 0.1) is 5.82 Å². The number of para-hydroxylation sites is 1. The molecule has 3 amide bonds. The van der Waals surface area contributed by atoms with Gasteiger partial charge in [-0.05, 0) is 42.0 Å². The lowest BCUT2D eigenvalue weighted by Gasteiger charge is -2.19. The third-order valence-corrected chi connectivity index (χ3v) is 5.67. The second-order valence-electron chi connectivity index (χ2n) is 7.62. The maximum Gasteiger partial charge on any atom is 0.253 e. The normalized spacial score (nSPS) is 11.7. The van der Waals surface area contributed by atoms with Gasteiger partial charge in [-0.15, -0.1) is 0 Å². The first-order valence-electron chi connectivity index (χ1n) is 10.3. The molecule has 7 nitrogen and oxygen atoms in total. The summed E-state index contributed by atoms with van der Waals surface area (Å²) in [5, 5.41) is 6.51. The Balaban J connectivity index is 1.63. The number of hydrogen-bond donors (Lipinski definition) is 4. The van der Waals surface area contributed by atoms with Gasteiger partial charge in [-0.25, -0.2) is 4.39 Å². The fraction of sp³-hybridized carbons (Fsp3) is 0.0800. The van der Waals surface area contributed by atoms with Gasteiger partial charge in [0.1, 0.15) is 11.9 Å². The number of halogens is 2. The van der Waals surface area contributed by atoms with Crippen molar-refractivity contribution >= 4 is 45.9 Å². The summed E-state index contributed by atoms with van der Waals surface area (Å²) in [4.78, 5) is 40.7. The number of benzene rings is 3. The zero-order valence-electron chi connectivity index (χ0n) is 17.8. The van der Waals surface area contributed by atoms with Crippen molar-refractivity contribution in [2.75, 3.05) is 5.32 Å². The summed E-state index contributed by atoms with van der Waals surface area (Å²) in [5.74, 6) is -2.85. The quantitative estimate of drug-likeness (QED) is 0.321. The molecule has 9 heteroatoms. The van der Waals surface area contributed by atoms with Crippen LogP contribution in [0.15, 0.2) is 72.9 Å². The fourth-order valence-electron chi connectivity index (χ4n) is 3.63. The Morgan fingerprint density at radius 1 is 1.00 bits per heavy atom. The molecule has 0 bridgehead atoms. The molecule has 0 aliphatic carbocycles. The van der Waals surface area contributed by atoms with Gasteiger partial charge in [0.05, 0.1) is 16.1 Å². The molecule has 0 saturated carbocycles. The average Bonchev–Trinajstić information content (AvgIpc) is 3.22. The van der Waals surface area contributed by atoms with Gasteiger partial charge in [0.25, 0.3) is 11.8 Å².